The number of hydrogen-bond donors (Lipinski definition) is 1. The minimum absolute atomic E-state index is 0.00766. The molecule has 0 bridgehead atoms. The number of nitrogens with zero attached hydrogens (tertiary/aromatic N) is 4. The first kappa shape index (κ1) is 16.6. The monoisotopic (exact) mass is 381 g/mol. The summed E-state index contributed by atoms with van der Waals surface area (Å²) in [6.07, 6.45) is 4.35. The van der Waals surface area contributed by atoms with Crippen molar-refractivity contribution in [1.29, 1.82) is 0 Å². The number of pyridine rings is 1. The van der Waals surface area contributed by atoms with Crippen molar-refractivity contribution in [3.8, 4) is 0 Å². The highest BCUT2D eigenvalue weighted by Crippen LogP contribution is 2.25. The third-order valence-electron chi connectivity index (χ3n) is 5.26. The number of aromatic nitrogens is 4. The number of nitrogens with one attached hydrogen (secondary N) is 1. The molecule has 0 atom stereocenters. The number of fused-ring (bicyclic) bond motifs is 2. The van der Waals surface area contributed by atoms with E-state index in [4.69, 9.17) is 0 Å². The molecule has 7 nitrogen and oxygen atoms in total. The summed E-state index contributed by atoms with van der Waals surface area (Å²) in [7, 11) is 0. The number of H-pyrrole nitrogens is 1. The lowest BCUT2D eigenvalue weighted by Gasteiger charge is -2.39. The molecule has 0 spiro atoms. The number of rotatable bonds is 3. The van der Waals surface area contributed by atoms with Gasteiger partial charge in [0.25, 0.3) is 11.5 Å². The van der Waals surface area contributed by atoms with Crippen LogP contribution in [0.5, 0.6) is 0 Å². The summed E-state index contributed by atoms with van der Waals surface area (Å²) >= 11 is 1.85. The number of amides is 1. The number of hydrogen-bond acceptors (Lipinski definition) is 5. The molecule has 1 amide bonds. The normalized spacial score (nSPS) is 17.0. The molecule has 3 aromatic heterocycles. The third-order valence-corrected chi connectivity index (χ3v) is 6.27. The fraction of sp³-hybridized carbons (Fsp3) is 0.368. The van der Waals surface area contributed by atoms with Gasteiger partial charge in [-0.2, -0.15) is 16.9 Å². The van der Waals surface area contributed by atoms with Crippen LogP contribution >= 0.6 is 11.8 Å². The molecule has 0 radical (unpaired) electrons. The van der Waals surface area contributed by atoms with Crippen LogP contribution in [0.25, 0.3) is 11.0 Å². The van der Waals surface area contributed by atoms with Gasteiger partial charge in [-0.1, -0.05) is 0 Å². The lowest BCUT2D eigenvalue weighted by Crippen LogP contribution is -2.52. The van der Waals surface area contributed by atoms with Gasteiger partial charge in [-0.25, -0.2) is 9.67 Å². The molecule has 5 heterocycles. The van der Waals surface area contributed by atoms with E-state index in [0.29, 0.717) is 25.2 Å². The fourth-order valence-corrected chi connectivity index (χ4v) is 4.73. The Labute approximate surface area is 159 Å². The van der Waals surface area contributed by atoms with Gasteiger partial charge in [-0.05, 0) is 23.4 Å². The van der Waals surface area contributed by atoms with Gasteiger partial charge in [0.05, 0.1) is 17.8 Å². The van der Waals surface area contributed by atoms with Crippen LogP contribution < -0.4 is 5.56 Å². The largest absolute Gasteiger partial charge is 0.345 e. The van der Waals surface area contributed by atoms with Gasteiger partial charge >= 0.3 is 0 Å². The average Bonchev–Trinajstić information content (AvgIpc) is 3.08. The Morgan fingerprint density at radius 3 is 3.15 bits per heavy atom. The van der Waals surface area contributed by atoms with E-state index in [-0.39, 0.29) is 17.4 Å². The predicted molar refractivity (Wildman–Crippen MR) is 104 cm³/mol. The van der Waals surface area contributed by atoms with E-state index >= 15 is 0 Å². The zero-order chi connectivity index (χ0) is 18.4. The first-order valence-corrected chi connectivity index (χ1v) is 10.2. The SMILES string of the molecule is O=C(c1c[nH]c2ncccc12)N1CC(Cn2nc3c(cc2=O)CSCC3)C1. The van der Waals surface area contributed by atoms with Crippen molar-refractivity contribution in [2.75, 3.05) is 18.8 Å². The maximum atomic E-state index is 12.8. The quantitative estimate of drug-likeness (QED) is 0.746. The maximum Gasteiger partial charge on any atom is 0.267 e. The van der Waals surface area contributed by atoms with Gasteiger partial charge in [0.15, 0.2) is 0 Å². The lowest BCUT2D eigenvalue weighted by atomic mass is 9.98. The van der Waals surface area contributed by atoms with Crippen molar-refractivity contribution in [3.63, 3.8) is 0 Å². The molecule has 2 aliphatic heterocycles. The molecular formula is C19H19N5O2S. The molecular weight excluding hydrogens is 362 g/mol. The minimum atomic E-state index is -0.0382. The number of aryl methyl sites for hydroxylation is 1. The Morgan fingerprint density at radius 1 is 1.37 bits per heavy atom. The molecule has 5 rings (SSSR count). The van der Waals surface area contributed by atoms with Gasteiger partial charge in [0, 0.05) is 55.0 Å². The number of carbonyl (C=O) groups excluding carboxylic acids is 1. The van der Waals surface area contributed by atoms with Crippen LogP contribution in [0.3, 0.4) is 0 Å². The second-order valence-corrected chi connectivity index (χ2v) is 8.22. The summed E-state index contributed by atoms with van der Waals surface area (Å²) in [5.74, 6) is 2.21. The molecule has 27 heavy (non-hydrogen) atoms. The maximum absolute atomic E-state index is 12.8. The molecule has 3 aromatic rings. The summed E-state index contributed by atoms with van der Waals surface area (Å²) in [4.78, 5) is 34.2. The van der Waals surface area contributed by atoms with Gasteiger partial charge in [0.2, 0.25) is 0 Å². The molecule has 0 saturated carbocycles. The van der Waals surface area contributed by atoms with E-state index in [1.807, 2.05) is 28.8 Å². The van der Waals surface area contributed by atoms with Crippen LogP contribution in [-0.2, 0) is 18.7 Å². The van der Waals surface area contributed by atoms with Gasteiger partial charge in [0.1, 0.15) is 5.65 Å². The van der Waals surface area contributed by atoms with Gasteiger partial charge < -0.3 is 9.88 Å². The zero-order valence-electron chi connectivity index (χ0n) is 14.7. The molecule has 0 aliphatic carbocycles. The predicted octanol–water partition coefficient (Wildman–Crippen LogP) is 1.68. The van der Waals surface area contributed by atoms with E-state index in [0.717, 1.165) is 40.2 Å². The van der Waals surface area contributed by atoms with E-state index in [9.17, 15) is 9.59 Å². The molecule has 1 fully saturated rings. The van der Waals surface area contributed by atoms with Crippen molar-refractivity contribution >= 4 is 28.7 Å². The second-order valence-electron chi connectivity index (χ2n) is 7.12. The first-order chi connectivity index (χ1) is 13.2. The second kappa shape index (κ2) is 6.53. The van der Waals surface area contributed by atoms with E-state index in [1.165, 1.54) is 0 Å². The highest BCUT2D eigenvalue weighted by atomic mass is 32.2. The summed E-state index contributed by atoms with van der Waals surface area (Å²) < 4.78 is 1.58. The molecule has 138 valence electrons. The number of carbonyl (C=O) groups is 1. The van der Waals surface area contributed by atoms with Crippen molar-refractivity contribution in [1.82, 2.24) is 24.6 Å². The molecule has 0 unspecified atom stereocenters. The van der Waals surface area contributed by atoms with E-state index in [2.05, 4.69) is 15.1 Å². The van der Waals surface area contributed by atoms with E-state index < -0.39 is 0 Å². The number of aromatic amines is 1. The van der Waals surface area contributed by atoms with Gasteiger partial charge in [-0.15, -0.1) is 0 Å². The summed E-state index contributed by atoms with van der Waals surface area (Å²) in [6, 6.07) is 5.46. The zero-order valence-corrected chi connectivity index (χ0v) is 15.5. The first-order valence-electron chi connectivity index (χ1n) is 9.08. The Bertz CT molecular complexity index is 1080. The lowest BCUT2D eigenvalue weighted by molar-refractivity contribution is 0.0460. The Balaban J connectivity index is 1.27. The fourth-order valence-electron chi connectivity index (χ4n) is 3.78. The van der Waals surface area contributed by atoms with Gasteiger partial charge in [-0.3, -0.25) is 9.59 Å². The Kier molecular flexibility index (Phi) is 4.00. The van der Waals surface area contributed by atoms with E-state index in [1.54, 1.807) is 23.1 Å². The van der Waals surface area contributed by atoms with Crippen LogP contribution in [0.4, 0.5) is 0 Å². The average molecular weight is 381 g/mol. The standard InChI is InChI=1S/C19H19N5O2S/c25-17-6-13-11-27-5-3-16(13)22-24(17)10-12-8-23(9-12)19(26)15-7-21-18-14(15)2-1-4-20-18/h1-2,4,6-7,12H,3,5,8-11H2,(H,20,21). The van der Waals surface area contributed by atoms with Crippen molar-refractivity contribution in [3.05, 3.63) is 57.8 Å². The molecule has 2 aliphatic rings. The molecule has 1 saturated heterocycles. The molecule has 8 heteroatoms. The minimum Gasteiger partial charge on any atom is -0.345 e. The number of thioether (sulfide) groups is 1. The van der Waals surface area contributed by atoms with Crippen LogP contribution in [0, 0.1) is 5.92 Å². The number of likely N-dealkylation sites (tertiary alicyclic amines) is 1. The summed E-state index contributed by atoms with van der Waals surface area (Å²) in [5, 5.41) is 5.41. The molecule has 0 aromatic carbocycles. The van der Waals surface area contributed by atoms with Crippen molar-refractivity contribution < 1.29 is 4.79 Å². The topological polar surface area (TPSA) is 83.9 Å². The highest BCUT2D eigenvalue weighted by molar-refractivity contribution is 7.98. The van der Waals surface area contributed by atoms with Crippen LogP contribution in [0.15, 0.2) is 35.4 Å². The van der Waals surface area contributed by atoms with Crippen LogP contribution in [0.1, 0.15) is 21.6 Å². The summed E-state index contributed by atoms with van der Waals surface area (Å²) in [5.41, 5.74) is 3.46. The third kappa shape index (κ3) is 2.93. The smallest absolute Gasteiger partial charge is 0.267 e. The van der Waals surface area contributed by atoms with Crippen LogP contribution in [0.2, 0.25) is 0 Å². The Morgan fingerprint density at radius 2 is 2.26 bits per heavy atom. The highest BCUT2D eigenvalue weighted by Gasteiger charge is 2.33. The van der Waals surface area contributed by atoms with Crippen molar-refractivity contribution in [2.45, 2.75) is 18.7 Å². The summed E-state index contributed by atoms with van der Waals surface area (Å²) in [6.45, 7) is 1.86. The Hall–Kier alpha value is -2.61. The van der Waals surface area contributed by atoms with Crippen LogP contribution in [-0.4, -0.2) is 49.4 Å². The molecule has 1 N–H and O–H groups in total. The van der Waals surface area contributed by atoms with Crippen molar-refractivity contribution in [2.24, 2.45) is 5.92 Å².